The molecule has 6 nitrogen and oxygen atoms in total. The lowest BCUT2D eigenvalue weighted by atomic mass is 10.0. The lowest BCUT2D eigenvalue weighted by molar-refractivity contribution is 0.0745. The van der Waals surface area contributed by atoms with Crippen molar-refractivity contribution in [1.82, 2.24) is 15.0 Å². The fourth-order valence-electron chi connectivity index (χ4n) is 3.93. The van der Waals surface area contributed by atoms with Crippen LogP contribution in [0.25, 0.3) is 21.5 Å². The minimum atomic E-state index is -0.0766. The minimum Gasteiger partial charge on any atom is -0.360 e. The Morgan fingerprint density at radius 2 is 1.91 bits per heavy atom. The van der Waals surface area contributed by atoms with E-state index < -0.39 is 0 Å². The minimum absolute atomic E-state index is 0.0766. The van der Waals surface area contributed by atoms with Gasteiger partial charge in [0.25, 0.3) is 5.91 Å². The van der Waals surface area contributed by atoms with Crippen molar-refractivity contribution in [3.8, 4) is 11.3 Å². The number of anilines is 1. The average molecular weight is 485 g/mol. The van der Waals surface area contributed by atoms with Crippen LogP contribution in [0.5, 0.6) is 0 Å². The van der Waals surface area contributed by atoms with E-state index in [9.17, 15) is 4.79 Å². The van der Waals surface area contributed by atoms with Gasteiger partial charge in [-0.1, -0.05) is 52.4 Å². The molecule has 1 fully saturated rings. The van der Waals surface area contributed by atoms with Gasteiger partial charge in [-0.15, -0.1) is 11.8 Å². The first kappa shape index (κ1) is 21.3. The molecule has 164 valence electrons. The molecule has 2 aromatic heterocycles. The van der Waals surface area contributed by atoms with E-state index in [1.165, 1.54) is 9.60 Å². The van der Waals surface area contributed by atoms with Gasteiger partial charge in [0, 0.05) is 36.6 Å². The number of thiazole rings is 1. The predicted molar refractivity (Wildman–Crippen MR) is 131 cm³/mol. The van der Waals surface area contributed by atoms with E-state index in [1.54, 1.807) is 36.1 Å². The Balaban J connectivity index is 1.35. The number of hydrogen-bond donors (Lipinski definition) is 0. The second-order valence-electron chi connectivity index (χ2n) is 7.52. The van der Waals surface area contributed by atoms with Crippen LogP contribution in [-0.2, 0) is 0 Å². The van der Waals surface area contributed by atoms with Gasteiger partial charge in [0.1, 0.15) is 17.0 Å². The number of amides is 1. The quantitative estimate of drug-likeness (QED) is 0.351. The molecule has 1 aliphatic heterocycles. The normalized spacial score (nSPS) is 14.3. The van der Waals surface area contributed by atoms with Crippen LogP contribution in [0.2, 0.25) is 5.02 Å². The Hall–Kier alpha value is -2.55. The molecule has 1 saturated heterocycles. The zero-order chi connectivity index (χ0) is 22.2. The van der Waals surface area contributed by atoms with E-state index in [-0.39, 0.29) is 5.91 Å². The lowest BCUT2D eigenvalue weighted by Gasteiger charge is -2.34. The Morgan fingerprint density at radius 1 is 1.12 bits per heavy atom. The molecule has 4 aromatic rings. The molecule has 0 bridgehead atoms. The fourth-order valence-corrected chi connectivity index (χ4v) is 5.83. The van der Waals surface area contributed by atoms with Crippen molar-refractivity contribution < 1.29 is 9.32 Å². The number of aromatic nitrogens is 2. The molecule has 0 spiro atoms. The molecule has 3 heterocycles. The van der Waals surface area contributed by atoms with Gasteiger partial charge < -0.3 is 14.3 Å². The van der Waals surface area contributed by atoms with Gasteiger partial charge in [-0.25, -0.2) is 4.98 Å². The Labute approximate surface area is 199 Å². The number of benzene rings is 2. The van der Waals surface area contributed by atoms with Gasteiger partial charge in [-0.2, -0.15) is 0 Å². The molecule has 1 aliphatic rings. The van der Waals surface area contributed by atoms with Crippen LogP contribution in [0.1, 0.15) is 16.1 Å². The van der Waals surface area contributed by atoms with Crippen molar-refractivity contribution in [3.05, 3.63) is 58.8 Å². The average Bonchev–Trinajstić information content (AvgIpc) is 3.42. The van der Waals surface area contributed by atoms with Crippen LogP contribution < -0.4 is 4.90 Å². The van der Waals surface area contributed by atoms with Gasteiger partial charge in [0.2, 0.25) is 0 Å². The summed E-state index contributed by atoms with van der Waals surface area (Å²) in [6.07, 6.45) is 2.07. The van der Waals surface area contributed by atoms with E-state index in [4.69, 9.17) is 21.1 Å². The molecular formula is C23H21ClN4O2S2. The van der Waals surface area contributed by atoms with Crippen LogP contribution in [0.15, 0.2) is 51.9 Å². The summed E-state index contributed by atoms with van der Waals surface area (Å²) >= 11 is 9.77. The van der Waals surface area contributed by atoms with Crippen LogP contribution in [-0.4, -0.2) is 53.4 Å². The molecular weight excluding hydrogens is 464 g/mol. The number of aryl methyl sites for hydroxylation is 1. The van der Waals surface area contributed by atoms with E-state index in [2.05, 4.69) is 34.5 Å². The third-order valence-electron chi connectivity index (χ3n) is 5.63. The van der Waals surface area contributed by atoms with Crippen molar-refractivity contribution in [2.24, 2.45) is 0 Å². The fraction of sp³-hybridized carbons (Fsp3) is 0.261. The first-order chi connectivity index (χ1) is 15.6. The number of thioether (sulfide) groups is 1. The van der Waals surface area contributed by atoms with E-state index in [0.29, 0.717) is 40.7 Å². The van der Waals surface area contributed by atoms with Crippen molar-refractivity contribution in [3.63, 3.8) is 0 Å². The Kier molecular flexibility index (Phi) is 5.84. The molecule has 5 rings (SSSR count). The number of fused-ring (bicyclic) bond motifs is 1. The van der Waals surface area contributed by atoms with Gasteiger partial charge in [-0.3, -0.25) is 4.79 Å². The summed E-state index contributed by atoms with van der Waals surface area (Å²) < 4.78 is 6.58. The molecule has 0 saturated carbocycles. The summed E-state index contributed by atoms with van der Waals surface area (Å²) in [7, 11) is 0. The summed E-state index contributed by atoms with van der Waals surface area (Å²) in [6.45, 7) is 4.44. The zero-order valence-electron chi connectivity index (χ0n) is 17.7. The monoisotopic (exact) mass is 484 g/mol. The smallest absolute Gasteiger partial charge is 0.259 e. The molecule has 0 unspecified atom stereocenters. The number of nitrogens with zero attached hydrogens (tertiary/aromatic N) is 4. The highest BCUT2D eigenvalue weighted by Crippen LogP contribution is 2.35. The van der Waals surface area contributed by atoms with Crippen LogP contribution >= 0.6 is 34.7 Å². The van der Waals surface area contributed by atoms with E-state index in [1.807, 2.05) is 23.1 Å². The molecule has 0 radical (unpaired) electrons. The van der Waals surface area contributed by atoms with E-state index in [0.717, 1.165) is 23.7 Å². The van der Waals surface area contributed by atoms with Crippen LogP contribution in [0.3, 0.4) is 0 Å². The summed E-state index contributed by atoms with van der Waals surface area (Å²) in [6, 6.07) is 13.7. The topological polar surface area (TPSA) is 62.5 Å². The third-order valence-corrected chi connectivity index (χ3v) is 7.81. The maximum Gasteiger partial charge on any atom is 0.259 e. The molecule has 2 aromatic carbocycles. The number of piperazine rings is 1. The number of para-hydroxylation sites is 1. The highest BCUT2D eigenvalue weighted by Gasteiger charge is 2.30. The summed E-state index contributed by atoms with van der Waals surface area (Å²) in [4.78, 5) is 23.6. The predicted octanol–water partition coefficient (Wildman–Crippen LogP) is 5.60. The second-order valence-corrected chi connectivity index (χ2v) is 9.79. The summed E-state index contributed by atoms with van der Waals surface area (Å²) in [5.74, 6) is 0.426. The standard InChI is InChI=1S/C23H21ClN4O2S2/c1-14-19(20(26-30-14)15-6-3-4-7-16(15)24)22(29)27-10-12-28(13-11-27)23-25-21-17(31-2)8-5-9-18(21)32-23/h3-9H,10-13H2,1-2H3. The van der Waals surface area contributed by atoms with Crippen LogP contribution in [0, 0.1) is 6.92 Å². The molecule has 0 atom stereocenters. The maximum atomic E-state index is 13.4. The Morgan fingerprint density at radius 3 is 2.66 bits per heavy atom. The first-order valence-corrected chi connectivity index (χ1v) is 12.7. The zero-order valence-corrected chi connectivity index (χ0v) is 20.1. The number of rotatable bonds is 4. The number of hydrogen-bond acceptors (Lipinski definition) is 7. The molecule has 32 heavy (non-hydrogen) atoms. The largest absolute Gasteiger partial charge is 0.360 e. The second kappa shape index (κ2) is 8.77. The van der Waals surface area contributed by atoms with Crippen molar-refractivity contribution in [2.45, 2.75) is 11.8 Å². The van der Waals surface area contributed by atoms with Gasteiger partial charge in [0.05, 0.1) is 15.2 Å². The van der Waals surface area contributed by atoms with Gasteiger partial charge >= 0.3 is 0 Å². The highest BCUT2D eigenvalue weighted by atomic mass is 35.5. The van der Waals surface area contributed by atoms with Crippen molar-refractivity contribution in [2.75, 3.05) is 37.3 Å². The third kappa shape index (κ3) is 3.76. The molecule has 0 aliphatic carbocycles. The molecule has 1 amide bonds. The first-order valence-electron chi connectivity index (χ1n) is 10.3. The lowest BCUT2D eigenvalue weighted by Crippen LogP contribution is -2.49. The molecule has 9 heteroatoms. The van der Waals surface area contributed by atoms with Gasteiger partial charge in [-0.05, 0) is 31.4 Å². The summed E-state index contributed by atoms with van der Waals surface area (Å²) in [5, 5.41) is 5.69. The molecule has 0 N–H and O–H groups in total. The Bertz CT molecular complexity index is 1290. The van der Waals surface area contributed by atoms with Crippen LogP contribution in [0.4, 0.5) is 5.13 Å². The highest BCUT2D eigenvalue weighted by molar-refractivity contribution is 7.98. The number of carbonyl (C=O) groups excluding carboxylic acids is 1. The van der Waals surface area contributed by atoms with E-state index >= 15 is 0 Å². The summed E-state index contributed by atoms with van der Waals surface area (Å²) in [5.41, 5.74) is 2.74. The van der Waals surface area contributed by atoms with Crippen molar-refractivity contribution in [1.29, 1.82) is 0 Å². The maximum absolute atomic E-state index is 13.4. The van der Waals surface area contributed by atoms with Gasteiger partial charge in [0.15, 0.2) is 5.13 Å². The van der Waals surface area contributed by atoms with Crippen molar-refractivity contribution >= 4 is 56.0 Å². The number of carbonyl (C=O) groups is 1. The SMILES string of the molecule is CSc1cccc2sc(N3CCN(C(=O)c4c(-c5ccccc5Cl)noc4C)CC3)nc12. The number of halogens is 1.